The van der Waals surface area contributed by atoms with Gasteiger partial charge >= 0.3 is 0 Å². The highest BCUT2D eigenvalue weighted by Gasteiger charge is 2.34. The Kier molecular flexibility index (Phi) is 4.50. The second kappa shape index (κ2) is 7.33. The summed E-state index contributed by atoms with van der Waals surface area (Å²) in [7, 11) is 2.12. The highest BCUT2D eigenvalue weighted by Crippen LogP contribution is 2.36. The molecule has 1 atom stereocenters. The monoisotopic (exact) mass is 444 g/mol. The summed E-state index contributed by atoms with van der Waals surface area (Å²) in [5.41, 5.74) is 4.67. The third-order valence-electron chi connectivity index (χ3n) is 6.76. The molecule has 168 valence electrons. The molecule has 0 radical (unpaired) electrons. The van der Waals surface area contributed by atoms with Crippen molar-refractivity contribution in [3.8, 4) is 5.82 Å². The Morgan fingerprint density at radius 3 is 2.82 bits per heavy atom. The lowest BCUT2D eigenvalue weighted by molar-refractivity contribution is 0.0553. The summed E-state index contributed by atoms with van der Waals surface area (Å²) < 4.78 is 16.3. The zero-order valence-electron chi connectivity index (χ0n) is 18.6. The highest BCUT2D eigenvalue weighted by molar-refractivity contribution is 5.79. The van der Waals surface area contributed by atoms with Gasteiger partial charge in [0.2, 0.25) is 5.95 Å². The Morgan fingerprint density at radius 2 is 1.94 bits per heavy atom. The van der Waals surface area contributed by atoms with Gasteiger partial charge in [0.1, 0.15) is 11.4 Å². The lowest BCUT2D eigenvalue weighted by Crippen LogP contribution is -2.26. The number of nitrogens with zero attached hydrogens (tertiary/aromatic N) is 5. The van der Waals surface area contributed by atoms with Gasteiger partial charge in [-0.2, -0.15) is 4.98 Å². The third-order valence-corrected chi connectivity index (χ3v) is 6.76. The molecule has 1 aliphatic heterocycles. The van der Waals surface area contributed by atoms with Crippen LogP contribution in [-0.2, 0) is 25.0 Å². The molecule has 0 fully saturated rings. The third kappa shape index (κ3) is 3.46. The van der Waals surface area contributed by atoms with Crippen LogP contribution < -0.4 is 5.32 Å². The predicted molar refractivity (Wildman–Crippen MR) is 124 cm³/mol. The van der Waals surface area contributed by atoms with E-state index in [9.17, 15) is 9.50 Å². The molecule has 0 saturated carbocycles. The van der Waals surface area contributed by atoms with Crippen molar-refractivity contribution in [1.29, 1.82) is 0 Å². The first-order chi connectivity index (χ1) is 15.9. The average molecular weight is 445 g/mol. The van der Waals surface area contributed by atoms with E-state index in [0.29, 0.717) is 34.9 Å². The Labute approximate surface area is 190 Å². The minimum atomic E-state index is -0.977. The van der Waals surface area contributed by atoms with Crippen LogP contribution in [-0.4, -0.2) is 43.1 Å². The first kappa shape index (κ1) is 20.3. The number of hydrogen-bond donors (Lipinski definition) is 2. The lowest BCUT2D eigenvalue weighted by Gasteiger charge is -2.25. The molecule has 0 spiro atoms. The fourth-order valence-electron chi connectivity index (χ4n) is 4.89. The molecule has 2 aliphatic rings. The predicted octanol–water partition coefficient (Wildman–Crippen LogP) is 3.84. The molecule has 2 N–H and O–H groups in total. The highest BCUT2D eigenvalue weighted by atomic mass is 19.1. The summed E-state index contributed by atoms with van der Waals surface area (Å²) in [4.78, 5) is 15.9. The number of halogens is 1. The van der Waals surface area contributed by atoms with Crippen molar-refractivity contribution in [3.63, 3.8) is 0 Å². The molecule has 4 aromatic rings. The number of nitrogens with one attached hydrogen (secondary N) is 1. The van der Waals surface area contributed by atoms with Crippen LogP contribution in [0.15, 0.2) is 42.7 Å². The van der Waals surface area contributed by atoms with Crippen LogP contribution in [0.5, 0.6) is 0 Å². The standard InChI is InChI=1S/C25H25FN6O/c1-25(33)9-7-16-4-6-21(29-22(16)25)32-14-20(26)19-12-27-24(30-23(19)32)28-18-5-3-15-8-10-31(2)13-17(15)11-18/h3-6,11-12,14,33H,7-10,13H2,1-2H3,(H,27,28,30)/t25-/m1/s1. The van der Waals surface area contributed by atoms with Crippen LogP contribution in [0.2, 0.25) is 0 Å². The van der Waals surface area contributed by atoms with Crippen LogP contribution in [0.4, 0.5) is 16.0 Å². The van der Waals surface area contributed by atoms with Gasteiger partial charge in [0, 0.05) is 31.2 Å². The zero-order valence-corrected chi connectivity index (χ0v) is 18.6. The Balaban J connectivity index is 1.38. The first-order valence-electron chi connectivity index (χ1n) is 11.2. The van der Waals surface area contributed by atoms with Crippen LogP contribution >= 0.6 is 0 Å². The molecule has 6 rings (SSSR count). The molecule has 7 nitrogen and oxygen atoms in total. The number of benzene rings is 1. The molecule has 4 heterocycles. The molecule has 0 amide bonds. The topological polar surface area (TPSA) is 79.1 Å². The maximum Gasteiger partial charge on any atom is 0.229 e. The van der Waals surface area contributed by atoms with Crippen molar-refractivity contribution in [1.82, 2.24) is 24.4 Å². The first-order valence-corrected chi connectivity index (χ1v) is 11.2. The number of aliphatic hydroxyl groups is 1. The van der Waals surface area contributed by atoms with Gasteiger partial charge in [-0.25, -0.2) is 14.4 Å². The maximum atomic E-state index is 14.7. The fraction of sp³-hybridized carbons (Fsp3) is 0.320. The summed E-state index contributed by atoms with van der Waals surface area (Å²) in [6, 6.07) is 10.1. The fourth-order valence-corrected chi connectivity index (χ4v) is 4.89. The smallest absolute Gasteiger partial charge is 0.229 e. The number of aryl methyl sites for hydroxylation is 1. The second-order valence-electron chi connectivity index (χ2n) is 9.33. The van der Waals surface area contributed by atoms with Crippen molar-refractivity contribution in [2.45, 2.75) is 38.3 Å². The van der Waals surface area contributed by atoms with Gasteiger partial charge in [0.15, 0.2) is 11.5 Å². The number of fused-ring (bicyclic) bond motifs is 3. The molecule has 0 unspecified atom stereocenters. The van der Waals surface area contributed by atoms with Crippen LogP contribution in [0, 0.1) is 5.82 Å². The Bertz CT molecular complexity index is 1400. The number of likely N-dealkylation sites (N-methyl/N-ethyl adjacent to an activating group) is 1. The minimum Gasteiger partial charge on any atom is -0.384 e. The van der Waals surface area contributed by atoms with Crippen molar-refractivity contribution < 1.29 is 9.50 Å². The van der Waals surface area contributed by atoms with Crippen LogP contribution in [0.25, 0.3) is 16.9 Å². The van der Waals surface area contributed by atoms with E-state index < -0.39 is 11.4 Å². The number of aromatic nitrogens is 4. The summed E-state index contributed by atoms with van der Waals surface area (Å²) in [6.07, 6.45) is 5.32. The van der Waals surface area contributed by atoms with E-state index in [1.54, 1.807) is 11.5 Å². The van der Waals surface area contributed by atoms with E-state index >= 15 is 0 Å². The van der Waals surface area contributed by atoms with E-state index in [0.717, 1.165) is 37.2 Å². The quantitative estimate of drug-likeness (QED) is 0.500. The normalized spacial score (nSPS) is 20.1. The SMILES string of the molecule is CN1CCc2ccc(Nc3ncc4c(F)cn(-c5ccc6c(n5)[C@](C)(O)CC6)c4n3)cc2C1. The van der Waals surface area contributed by atoms with E-state index in [4.69, 9.17) is 0 Å². The molecular weight excluding hydrogens is 419 g/mol. The number of pyridine rings is 1. The second-order valence-corrected chi connectivity index (χ2v) is 9.33. The maximum absolute atomic E-state index is 14.7. The van der Waals surface area contributed by atoms with Gasteiger partial charge in [0.25, 0.3) is 0 Å². The molecule has 0 bridgehead atoms. The summed E-state index contributed by atoms with van der Waals surface area (Å²) in [6.45, 7) is 3.74. The van der Waals surface area contributed by atoms with Gasteiger partial charge < -0.3 is 15.3 Å². The molecule has 8 heteroatoms. The zero-order chi connectivity index (χ0) is 22.7. The van der Waals surface area contributed by atoms with Gasteiger partial charge in [0.05, 0.1) is 11.1 Å². The molecule has 1 aromatic carbocycles. The Morgan fingerprint density at radius 1 is 1.09 bits per heavy atom. The molecule has 3 aromatic heterocycles. The van der Waals surface area contributed by atoms with E-state index in [1.807, 2.05) is 18.2 Å². The Hall–Kier alpha value is -3.36. The van der Waals surface area contributed by atoms with Gasteiger partial charge in [-0.15, -0.1) is 0 Å². The lowest BCUT2D eigenvalue weighted by atomic mass is 9.99. The van der Waals surface area contributed by atoms with E-state index in [1.165, 1.54) is 23.5 Å². The van der Waals surface area contributed by atoms with Crippen molar-refractivity contribution >= 4 is 22.7 Å². The van der Waals surface area contributed by atoms with Gasteiger partial charge in [-0.05, 0) is 68.1 Å². The largest absolute Gasteiger partial charge is 0.384 e. The summed E-state index contributed by atoms with van der Waals surface area (Å²) in [5.74, 6) is 0.493. The number of rotatable bonds is 3. The average Bonchev–Trinajstić information content (AvgIpc) is 3.29. The van der Waals surface area contributed by atoms with Crippen molar-refractivity contribution in [2.24, 2.45) is 0 Å². The van der Waals surface area contributed by atoms with E-state index in [-0.39, 0.29) is 0 Å². The van der Waals surface area contributed by atoms with Crippen LogP contribution in [0.3, 0.4) is 0 Å². The van der Waals surface area contributed by atoms with Gasteiger partial charge in [-0.1, -0.05) is 12.1 Å². The van der Waals surface area contributed by atoms with Crippen molar-refractivity contribution in [3.05, 3.63) is 70.9 Å². The molecular formula is C25H25FN6O. The number of hydrogen-bond acceptors (Lipinski definition) is 6. The number of anilines is 2. The van der Waals surface area contributed by atoms with E-state index in [2.05, 4.69) is 44.3 Å². The summed E-state index contributed by atoms with van der Waals surface area (Å²) >= 11 is 0. The summed E-state index contributed by atoms with van der Waals surface area (Å²) in [5, 5.41) is 14.2. The minimum absolute atomic E-state index is 0.321. The van der Waals surface area contributed by atoms with Gasteiger partial charge in [-0.3, -0.25) is 4.57 Å². The molecule has 33 heavy (non-hydrogen) atoms. The van der Waals surface area contributed by atoms with Crippen molar-refractivity contribution in [2.75, 3.05) is 18.9 Å². The molecule has 1 aliphatic carbocycles. The molecule has 0 saturated heterocycles. The van der Waals surface area contributed by atoms with Crippen LogP contribution in [0.1, 0.15) is 35.7 Å².